The molecule has 1 aromatic carbocycles. The van der Waals surface area contributed by atoms with E-state index in [4.69, 9.17) is 4.74 Å². The molecule has 0 heterocycles. The van der Waals surface area contributed by atoms with Crippen molar-refractivity contribution < 1.29 is 23.9 Å². The van der Waals surface area contributed by atoms with Gasteiger partial charge in [-0.25, -0.2) is 4.79 Å². The normalized spacial score (nSPS) is 11.3. The monoisotopic (exact) mass is 421 g/mol. The first-order valence-corrected chi connectivity index (χ1v) is 10.1. The average Bonchev–Trinajstić information content (AvgIpc) is 2.64. The van der Waals surface area contributed by atoms with E-state index in [2.05, 4.69) is 29.8 Å². The summed E-state index contributed by atoms with van der Waals surface area (Å²) in [6, 6.07) is 8.28. The second-order valence-electron chi connectivity index (χ2n) is 7.79. The number of hydrogen-bond acceptors (Lipinski definition) is 5. The van der Waals surface area contributed by atoms with E-state index in [1.807, 2.05) is 30.3 Å². The van der Waals surface area contributed by atoms with E-state index < -0.39 is 29.6 Å². The zero-order chi connectivity index (χ0) is 23.2. The zero-order valence-electron chi connectivity index (χ0n) is 18.8. The number of alkyl carbamates (subject to hydrolysis) is 1. The molecule has 3 amide bonds. The Labute approximate surface area is 179 Å². The Balaban J connectivity index is 0.00000263. The third-order valence-electron chi connectivity index (χ3n) is 3.24. The van der Waals surface area contributed by atoms with Crippen LogP contribution in [0.1, 0.15) is 53.5 Å². The number of carbonyl (C=O) groups is 4. The molecule has 0 radical (unpaired) electrons. The predicted molar refractivity (Wildman–Crippen MR) is 116 cm³/mol. The summed E-state index contributed by atoms with van der Waals surface area (Å²) in [4.78, 5) is 47.2. The fourth-order valence-electron chi connectivity index (χ4n) is 2.11. The molecule has 0 aromatic heterocycles. The van der Waals surface area contributed by atoms with Gasteiger partial charge in [0.15, 0.2) is 0 Å². The molecule has 0 fully saturated rings. The SMILES string of the molecule is CC(=O)CNC(=O)[C@H](Cc1ccccc1)NC(=O)CNC(=O)OC(C)(C)C.CCC. The summed E-state index contributed by atoms with van der Waals surface area (Å²) in [5, 5.41) is 7.40. The molecule has 1 aromatic rings. The third-order valence-corrected chi connectivity index (χ3v) is 3.24. The fraction of sp³-hybridized carbons (Fsp3) is 0.545. The summed E-state index contributed by atoms with van der Waals surface area (Å²) < 4.78 is 5.05. The Morgan fingerprint density at radius 3 is 2.03 bits per heavy atom. The highest BCUT2D eigenvalue weighted by Gasteiger charge is 2.22. The van der Waals surface area contributed by atoms with Crippen molar-refractivity contribution >= 4 is 23.7 Å². The third kappa shape index (κ3) is 14.1. The molecule has 0 saturated carbocycles. The molecule has 0 aliphatic rings. The molecule has 1 atom stereocenters. The van der Waals surface area contributed by atoms with Crippen LogP contribution in [0, 0.1) is 0 Å². The van der Waals surface area contributed by atoms with E-state index in [-0.39, 0.29) is 25.3 Å². The maximum atomic E-state index is 12.3. The lowest BCUT2D eigenvalue weighted by Crippen LogP contribution is -2.51. The highest BCUT2D eigenvalue weighted by atomic mass is 16.6. The molecule has 0 aliphatic carbocycles. The summed E-state index contributed by atoms with van der Waals surface area (Å²) in [7, 11) is 0. The van der Waals surface area contributed by atoms with Gasteiger partial charge in [-0.3, -0.25) is 14.4 Å². The maximum absolute atomic E-state index is 12.3. The van der Waals surface area contributed by atoms with E-state index in [0.717, 1.165) is 5.56 Å². The van der Waals surface area contributed by atoms with Gasteiger partial charge in [0, 0.05) is 6.42 Å². The van der Waals surface area contributed by atoms with Gasteiger partial charge in [0.05, 0.1) is 6.54 Å². The molecule has 30 heavy (non-hydrogen) atoms. The minimum Gasteiger partial charge on any atom is -0.444 e. The van der Waals surface area contributed by atoms with Crippen LogP contribution < -0.4 is 16.0 Å². The van der Waals surface area contributed by atoms with E-state index in [1.165, 1.54) is 13.3 Å². The summed E-state index contributed by atoms with van der Waals surface area (Å²) >= 11 is 0. The first-order chi connectivity index (χ1) is 14.0. The molecule has 0 unspecified atom stereocenters. The minimum atomic E-state index is -0.875. The van der Waals surface area contributed by atoms with E-state index in [0.29, 0.717) is 0 Å². The number of Topliss-reactive ketones (excluding diaryl/α,β-unsaturated/α-hetero) is 1. The lowest BCUT2D eigenvalue weighted by molar-refractivity contribution is -0.129. The van der Waals surface area contributed by atoms with Gasteiger partial charge in [-0.05, 0) is 33.3 Å². The molecule has 0 aliphatic heterocycles. The van der Waals surface area contributed by atoms with Crippen LogP contribution in [0.15, 0.2) is 30.3 Å². The summed E-state index contributed by atoms with van der Waals surface area (Å²) in [6.45, 7) is 10.3. The van der Waals surface area contributed by atoms with Crippen molar-refractivity contribution in [2.75, 3.05) is 13.1 Å². The van der Waals surface area contributed by atoms with Gasteiger partial charge in [0.1, 0.15) is 24.0 Å². The number of ketones is 1. The van der Waals surface area contributed by atoms with Crippen LogP contribution in [0.2, 0.25) is 0 Å². The van der Waals surface area contributed by atoms with Crippen molar-refractivity contribution in [2.45, 2.75) is 66.0 Å². The van der Waals surface area contributed by atoms with Crippen LogP contribution in [0.25, 0.3) is 0 Å². The molecule has 0 saturated heterocycles. The smallest absolute Gasteiger partial charge is 0.408 e. The lowest BCUT2D eigenvalue weighted by Gasteiger charge is -2.21. The van der Waals surface area contributed by atoms with Crippen LogP contribution in [0.4, 0.5) is 4.79 Å². The van der Waals surface area contributed by atoms with Crippen molar-refractivity contribution in [3.8, 4) is 0 Å². The predicted octanol–water partition coefficient (Wildman–Crippen LogP) is 2.36. The molecule has 3 N–H and O–H groups in total. The van der Waals surface area contributed by atoms with Gasteiger partial charge in [-0.1, -0.05) is 50.6 Å². The van der Waals surface area contributed by atoms with Crippen molar-refractivity contribution in [3.05, 3.63) is 35.9 Å². The second kappa shape index (κ2) is 14.1. The van der Waals surface area contributed by atoms with Crippen LogP contribution in [-0.4, -0.2) is 48.4 Å². The number of hydrogen-bond donors (Lipinski definition) is 3. The summed E-state index contributed by atoms with van der Waals surface area (Å²) in [5.74, 6) is -1.21. The first-order valence-electron chi connectivity index (χ1n) is 10.1. The van der Waals surface area contributed by atoms with Gasteiger partial charge in [-0.2, -0.15) is 0 Å². The number of carbonyl (C=O) groups excluding carboxylic acids is 4. The van der Waals surface area contributed by atoms with Gasteiger partial charge in [0.25, 0.3) is 0 Å². The number of amides is 3. The number of benzene rings is 1. The van der Waals surface area contributed by atoms with Gasteiger partial charge < -0.3 is 20.7 Å². The van der Waals surface area contributed by atoms with Crippen molar-refractivity contribution in [1.29, 1.82) is 0 Å². The van der Waals surface area contributed by atoms with Gasteiger partial charge >= 0.3 is 6.09 Å². The number of nitrogens with one attached hydrogen (secondary N) is 3. The molecule has 1 rings (SSSR count). The topological polar surface area (TPSA) is 114 Å². The largest absolute Gasteiger partial charge is 0.444 e. The van der Waals surface area contributed by atoms with Crippen LogP contribution in [0.5, 0.6) is 0 Å². The quantitative estimate of drug-likeness (QED) is 0.596. The Hall–Kier alpha value is -2.90. The molecular formula is C22H35N3O5. The molecule has 0 spiro atoms. The van der Waals surface area contributed by atoms with Crippen LogP contribution in [-0.2, 0) is 25.5 Å². The zero-order valence-corrected chi connectivity index (χ0v) is 18.8. The minimum absolute atomic E-state index is 0.115. The Morgan fingerprint density at radius 2 is 1.53 bits per heavy atom. The Morgan fingerprint density at radius 1 is 0.967 bits per heavy atom. The van der Waals surface area contributed by atoms with Crippen LogP contribution >= 0.6 is 0 Å². The van der Waals surface area contributed by atoms with Gasteiger partial charge in [0.2, 0.25) is 11.8 Å². The molecule has 8 nitrogen and oxygen atoms in total. The van der Waals surface area contributed by atoms with Gasteiger partial charge in [-0.15, -0.1) is 0 Å². The summed E-state index contributed by atoms with van der Waals surface area (Å²) in [6.07, 6.45) is 0.779. The maximum Gasteiger partial charge on any atom is 0.408 e. The van der Waals surface area contributed by atoms with E-state index in [1.54, 1.807) is 20.8 Å². The highest BCUT2D eigenvalue weighted by molar-refractivity contribution is 5.91. The molecular weight excluding hydrogens is 386 g/mol. The number of rotatable bonds is 8. The second-order valence-corrected chi connectivity index (χ2v) is 7.79. The highest BCUT2D eigenvalue weighted by Crippen LogP contribution is 2.06. The standard InChI is InChI=1S/C19H27N3O5.C3H8/c1-13(23)11-20-17(25)15(10-14-8-6-5-7-9-14)22-16(24)12-21-18(26)27-19(2,3)4;1-3-2/h5-9,15H,10-12H2,1-4H3,(H,20,25)(H,21,26)(H,22,24);3H2,1-2H3/t15-;/m0./s1. The Bertz CT molecular complexity index is 684. The number of ether oxygens (including phenoxy) is 1. The first kappa shape index (κ1) is 27.1. The Kier molecular flexibility index (Phi) is 12.8. The molecule has 0 bridgehead atoms. The fourth-order valence-corrected chi connectivity index (χ4v) is 2.11. The average molecular weight is 422 g/mol. The van der Waals surface area contributed by atoms with E-state index >= 15 is 0 Å². The van der Waals surface area contributed by atoms with E-state index in [9.17, 15) is 19.2 Å². The van der Waals surface area contributed by atoms with Crippen molar-refractivity contribution in [1.82, 2.24) is 16.0 Å². The summed E-state index contributed by atoms with van der Waals surface area (Å²) in [5.41, 5.74) is 0.170. The van der Waals surface area contributed by atoms with Crippen molar-refractivity contribution in [3.63, 3.8) is 0 Å². The van der Waals surface area contributed by atoms with Crippen molar-refractivity contribution in [2.24, 2.45) is 0 Å². The molecule has 168 valence electrons. The molecule has 8 heteroatoms. The van der Waals surface area contributed by atoms with Crippen LogP contribution in [0.3, 0.4) is 0 Å². The lowest BCUT2D eigenvalue weighted by atomic mass is 10.1.